The highest BCUT2D eigenvalue weighted by atomic mass is 79.9. The van der Waals surface area contributed by atoms with Crippen LogP contribution in [-0.4, -0.2) is 24.7 Å². The van der Waals surface area contributed by atoms with E-state index in [1.807, 2.05) is 24.3 Å². The number of carbonyl (C=O) groups excluding carboxylic acids is 1. The van der Waals surface area contributed by atoms with Gasteiger partial charge in [0.15, 0.2) is 0 Å². The van der Waals surface area contributed by atoms with E-state index in [9.17, 15) is 4.79 Å². The number of nitrogens with zero attached hydrogens (tertiary/aromatic N) is 1. The van der Waals surface area contributed by atoms with Crippen molar-refractivity contribution in [3.63, 3.8) is 0 Å². The maximum absolute atomic E-state index is 11.6. The molecule has 2 heterocycles. The van der Waals surface area contributed by atoms with Gasteiger partial charge in [0.1, 0.15) is 12.4 Å². The van der Waals surface area contributed by atoms with Crippen molar-refractivity contribution in [2.24, 2.45) is 0 Å². The number of alkyl halides is 1. The third-order valence-corrected chi connectivity index (χ3v) is 5.00. The fourth-order valence-corrected chi connectivity index (χ4v) is 3.53. The molecule has 2 aromatic rings. The molecule has 6 heteroatoms. The molecule has 0 fully saturated rings. The number of para-hydroxylation sites is 1. The number of methoxy groups -OCH3 is 1. The summed E-state index contributed by atoms with van der Waals surface area (Å²) in [7, 11) is 1.36. The lowest BCUT2D eigenvalue weighted by molar-refractivity contribution is 0.0600. The molecule has 4 nitrogen and oxygen atoms in total. The number of rotatable bonds is 1. The lowest BCUT2D eigenvalue weighted by atomic mass is 10.1. The first-order valence-electron chi connectivity index (χ1n) is 5.66. The Hall–Kier alpha value is -1.40. The van der Waals surface area contributed by atoms with E-state index in [1.165, 1.54) is 18.4 Å². The summed E-state index contributed by atoms with van der Waals surface area (Å²) < 4.78 is 10.5. The molecule has 1 unspecified atom stereocenters. The van der Waals surface area contributed by atoms with E-state index < -0.39 is 5.97 Å². The maximum atomic E-state index is 11.6. The number of esters is 1. The second-order valence-corrected chi connectivity index (χ2v) is 6.13. The summed E-state index contributed by atoms with van der Waals surface area (Å²) in [5.41, 5.74) is 1.70. The van der Waals surface area contributed by atoms with Gasteiger partial charge in [-0.3, -0.25) is 0 Å². The highest BCUT2D eigenvalue weighted by Crippen LogP contribution is 2.43. The quantitative estimate of drug-likeness (QED) is 0.590. The summed E-state index contributed by atoms with van der Waals surface area (Å²) in [6.45, 7) is 0.507. The van der Waals surface area contributed by atoms with Crippen LogP contribution < -0.4 is 4.74 Å². The van der Waals surface area contributed by atoms with Crippen LogP contribution in [0.5, 0.6) is 5.75 Å². The lowest BCUT2D eigenvalue weighted by Crippen LogP contribution is -2.01. The molecule has 0 amide bonds. The van der Waals surface area contributed by atoms with Gasteiger partial charge in [-0.2, -0.15) is 0 Å². The van der Waals surface area contributed by atoms with Crippen LogP contribution >= 0.6 is 27.3 Å². The van der Waals surface area contributed by atoms with Crippen LogP contribution in [0.1, 0.15) is 19.5 Å². The maximum Gasteiger partial charge on any atom is 0.367 e. The highest BCUT2D eigenvalue weighted by molar-refractivity contribution is 9.09. The van der Waals surface area contributed by atoms with Crippen LogP contribution in [0.15, 0.2) is 24.3 Å². The summed E-state index contributed by atoms with van der Waals surface area (Å²) in [6.07, 6.45) is 0. The Kier molecular flexibility index (Phi) is 3.28. The van der Waals surface area contributed by atoms with Gasteiger partial charge in [0, 0.05) is 5.56 Å². The van der Waals surface area contributed by atoms with Gasteiger partial charge in [0.25, 0.3) is 0 Å². The molecule has 19 heavy (non-hydrogen) atoms. The molecule has 1 aliphatic heterocycles. The first kappa shape index (κ1) is 12.6. The summed E-state index contributed by atoms with van der Waals surface area (Å²) in [4.78, 5) is 17.0. The van der Waals surface area contributed by atoms with E-state index in [4.69, 9.17) is 9.47 Å². The largest absolute Gasteiger partial charge is 0.491 e. The van der Waals surface area contributed by atoms with E-state index in [2.05, 4.69) is 20.9 Å². The molecular weight excluding hydrogens is 330 g/mol. The monoisotopic (exact) mass is 339 g/mol. The first-order valence-corrected chi connectivity index (χ1v) is 7.39. The Bertz CT molecular complexity index is 641. The third kappa shape index (κ3) is 2.15. The predicted octanol–water partition coefficient (Wildman–Crippen LogP) is 3.43. The van der Waals surface area contributed by atoms with E-state index >= 15 is 0 Å². The van der Waals surface area contributed by atoms with E-state index in [-0.39, 0.29) is 4.83 Å². The summed E-state index contributed by atoms with van der Waals surface area (Å²) >= 11 is 4.91. The van der Waals surface area contributed by atoms with Gasteiger partial charge in [0.2, 0.25) is 5.01 Å². The summed E-state index contributed by atoms with van der Waals surface area (Å²) in [5.74, 6) is 0.378. The van der Waals surface area contributed by atoms with Crippen molar-refractivity contribution in [3.05, 3.63) is 34.2 Å². The van der Waals surface area contributed by atoms with Crippen LogP contribution in [0, 0.1) is 0 Å². The minimum absolute atomic E-state index is 0.0193. The fourth-order valence-electron chi connectivity index (χ4n) is 1.94. The minimum atomic E-state index is -0.406. The molecule has 3 rings (SSSR count). The van der Waals surface area contributed by atoms with Crippen LogP contribution in [0.4, 0.5) is 0 Å². The van der Waals surface area contributed by atoms with Crippen molar-refractivity contribution in [1.29, 1.82) is 0 Å². The molecule has 1 aromatic heterocycles. The molecule has 1 aromatic carbocycles. The Morgan fingerprint density at radius 1 is 1.53 bits per heavy atom. The van der Waals surface area contributed by atoms with E-state index in [0.29, 0.717) is 11.6 Å². The van der Waals surface area contributed by atoms with Crippen molar-refractivity contribution < 1.29 is 14.3 Å². The van der Waals surface area contributed by atoms with Gasteiger partial charge in [0.05, 0.1) is 22.5 Å². The van der Waals surface area contributed by atoms with Crippen molar-refractivity contribution in [2.75, 3.05) is 13.7 Å². The second-order valence-electron chi connectivity index (χ2n) is 4.00. The van der Waals surface area contributed by atoms with Gasteiger partial charge >= 0.3 is 5.97 Å². The average molecular weight is 340 g/mol. The number of thiazole rings is 1. The summed E-state index contributed by atoms with van der Waals surface area (Å²) in [5, 5.41) is 0.369. The van der Waals surface area contributed by atoms with Gasteiger partial charge < -0.3 is 9.47 Å². The molecule has 0 aliphatic carbocycles. The van der Waals surface area contributed by atoms with Crippen LogP contribution in [0.3, 0.4) is 0 Å². The van der Waals surface area contributed by atoms with Gasteiger partial charge in [-0.15, -0.1) is 11.3 Å². The van der Waals surface area contributed by atoms with E-state index in [1.54, 1.807) is 0 Å². The van der Waals surface area contributed by atoms with Crippen LogP contribution in [0.2, 0.25) is 0 Å². The molecule has 1 atom stereocenters. The zero-order valence-corrected chi connectivity index (χ0v) is 12.5. The zero-order chi connectivity index (χ0) is 13.4. The highest BCUT2D eigenvalue weighted by Gasteiger charge is 2.27. The molecular formula is C13H10BrNO3S. The number of ether oxygens (including phenoxy) is 2. The number of aromatic nitrogens is 1. The van der Waals surface area contributed by atoms with Gasteiger partial charge in [-0.05, 0) is 12.1 Å². The van der Waals surface area contributed by atoms with Crippen molar-refractivity contribution >= 4 is 33.2 Å². The van der Waals surface area contributed by atoms with Crippen molar-refractivity contribution in [1.82, 2.24) is 4.98 Å². The van der Waals surface area contributed by atoms with Crippen molar-refractivity contribution in [3.8, 4) is 17.0 Å². The Balaban J connectivity index is 2.19. The van der Waals surface area contributed by atoms with Gasteiger partial charge in [-0.1, -0.05) is 28.1 Å². The molecule has 0 bridgehead atoms. The van der Waals surface area contributed by atoms with Crippen molar-refractivity contribution in [2.45, 2.75) is 4.83 Å². The van der Waals surface area contributed by atoms with Crippen LogP contribution in [0.25, 0.3) is 11.3 Å². The second kappa shape index (κ2) is 4.94. The molecule has 98 valence electrons. The first-order chi connectivity index (χ1) is 9.20. The number of hydrogen-bond donors (Lipinski definition) is 0. The van der Waals surface area contributed by atoms with Gasteiger partial charge in [-0.25, -0.2) is 9.78 Å². The number of hydrogen-bond acceptors (Lipinski definition) is 5. The Labute approximate surface area is 122 Å². The number of benzene rings is 1. The smallest absolute Gasteiger partial charge is 0.367 e. The Morgan fingerprint density at radius 2 is 2.32 bits per heavy atom. The standard InChI is InChI=1S/C13H10BrNO3S/c1-17-13(16)12-15-10-7-4-2-3-5-9(7)18-6-8(14)11(10)19-12/h2-5,8H,6H2,1H3. The number of halogens is 1. The number of carbonyl (C=O) groups is 1. The third-order valence-electron chi connectivity index (χ3n) is 2.83. The minimum Gasteiger partial charge on any atom is -0.491 e. The molecule has 0 spiro atoms. The average Bonchev–Trinajstić information content (AvgIpc) is 2.84. The van der Waals surface area contributed by atoms with Crippen LogP contribution in [-0.2, 0) is 4.74 Å². The Morgan fingerprint density at radius 3 is 3.11 bits per heavy atom. The molecule has 0 saturated carbocycles. The normalized spacial score (nSPS) is 16.8. The summed E-state index contributed by atoms with van der Waals surface area (Å²) in [6, 6.07) is 7.69. The SMILES string of the molecule is COC(=O)c1nc2c(s1)C(Br)COc1ccccc1-2. The number of fused-ring (bicyclic) bond motifs is 3. The molecule has 0 radical (unpaired) electrons. The molecule has 1 aliphatic rings. The lowest BCUT2D eigenvalue weighted by Gasteiger charge is -2.07. The topological polar surface area (TPSA) is 48.4 Å². The zero-order valence-electron chi connectivity index (χ0n) is 10.1. The van der Waals surface area contributed by atoms with E-state index in [0.717, 1.165) is 21.9 Å². The molecule has 0 N–H and O–H groups in total. The molecule has 0 saturated heterocycles. The predicted molar refractivity (Wildman–Crippen MR) is 76.1 cm³/mol. The fraction of sp³-hybridized carbons (Fsp3) is 0.231.